The normalized spacial score (nSPS) is 10.5. The summed E-state index contributed by atoms with van der Waals surface area (Å²) in [7, 11) is 0. The van der Waals surface area contributed by atoms with Crippen LogP contribution >= 0.6 is 0 Å². The molecule has 3 aromatic rings. The highest BCUT2D eigenvalue weighted by Gasteiger charge is 2.09. The molecule has 0 spiro atoms. The molecule has 3 nitrogen and oxygen atoms in total. The second-order valence-corrected chi connectivity index (χ2v) is 4.50. The number of aromatic nitrogens is 2. The number of hydrogen-bond donors (Lipinski definition) is 0. The fourth-order valence-electron chi connectivity index (χ4n) is 2.33. The fraction of sp³-hybridized carbons (Fsp3) is 0.125. The second kappa shape index (κ2) is 4.58. The molecule has 3 heteroatoms. The molecule has 0 N–H and O–H groups in total. The molecule has 0 aliphatic heterocycles. The molecule has 0 saturated carbocycles. The quantitative estimate of drug-likeness (QED) is 0.697. The minimum absolute atomic E-state index is 0.677. The van der Waals surface area contributed by atoms with Gasteiger partial charge >= 0.3 is 0 Å². The first kappa shape index (κ1) is 11.5. The minimum atomic E-state index is 0.677. The van der Waals surface area contributed by atoms with E-state index in [1.807, 2.05) is 49.4 Å². The molecule has 0 fully saturated rings. The zero-order valence-corrected chi connectivity index (χ0v) is 10.7. The molecular weight excluding hydrogens is 234 g/mol. The average molecular weight is 247 g/mol. The predicted octanol–water partition coefficient (Wildman–Crippen LogP) is 3.26. The largest absolute Gasteiger partial charge is 0.324 e. The predicted molar refractivity (Wildman–Crippen MR) is 74.7 cm³/mol. The number of fused-ring (bicyclic) bond motifs is 1. The maximum atomic E-state index is 9.15. The van der Waals surface area contributed by atoms with Gasteiger partial charge in [-0.15, -0.1) is 0 Å². The average Bonchev–Trinajstić information content (AvgIpc) is 2.76. The Morgan fingerprint density at radius 3 is 2.68 bits per heavy atom. The summed E-state index contributed by atoms with van der Waals surface area (Å²) in [6, 6.07) is 18.0. The first-order valence-corrected chi connectivity index (χ1v) is 6.19. The number of nitrogens with zero attached hydrogens (tertiary/aromatic N) is 3. The Balaban J connectivity index is 2.11. The summed E-state index contributed by atoms with van der Waals surface area (Å²) >= 11 is 0. The molecule has 0 amide bonds. The lowest BCUT2D eigenvalue weighted by Gasteiger charge is -2.08. The van der Waals surface area contributed by atoms with Gasteiger partial charge in [0.1, 0.15) is 5.82 Å². The maximum absolute atomic E-state index is 9.15. The molecule has 0 aliphatic carbocycles. The van der Waals surface area contributed by atoms with Crippen molar-refractivity contribution in [3.05, 3.63) is 65.5 Å². The molecule has 0 saturated heterocycles. The monoisotopic (exact) mass is 247 g/mol. The van der Waals surface area contributed by atoms with Crippen LogP contribution in [0.15, 0.2) is 48.5 Å². The van der Waals surface area contributed by atoms with Crippen LogP contribution in [0.2, 0.25) is 0 Å². The van der Waals surface area contributed by atoms with Gasteiger partial charge in [0.25, 0.3) is 0 Å². The van der Waals surface area contributed by atoms with Gasteiger partial charge in [0.15, 0.2) is 0 Å². The topological polar surface area (TPSA) is 41.6 Å². The number of nitriles is 1. The number of aryl methyl sites for hydroxylation is 1. The van der Waals surface area contributed by atoms with E-state index in [1.165, 1.54) is 0 Å². The van der Waals surface area contributed by atoms with Crippen LogP contribution in [-0.4, -0.2) is 9.55 Å². The highest BCUT2D eigenvalue weighted by Crippen LogP contribution is 2.18. The summed E-state index contributed by atoms with van der Waals surface area (Å²) in [6.45, 7) is 2.67. The highest BCUT2D eigenvalue weighted by molar-refractivity contribution is 5.76. The standard InChI is InChI=1S/C16H13N3/c1-12-18-15-8-4-5-9-16(15)19(12)11-14-7-3-2-6-13(14)10-17/h2-9H,11H2,1H3. The van der Waals surface area contributed by atoms with Gasteiger partial charge in [-0.25, -0.2) is 4.98 Å². The Morgan fingerprint density at radius 1 is 1.11 bits per heavy atom. The lowest BCUT2D eigenvalue weighted by Crippen LogP contribution is -2.03. The van der Waals surface area contributed by atoms with E-state index in [9.17, 15) is 0 Å². The zero-order valence-electron chi connectivity index (χ0n) is 10.7. The lowest BCUT2D eigenvalue weighted by atomic mass is 10.1. The molecule has 92 valence electrons. The van der Waals surface area contributed by atoms with Crippen LogP contribution in [0.3, 0.4) is 0 Å². The number of para-hydroxylation sites is 2. The summed E-state index contributed by atoms with van der Waals surface area (Å²) in [4.78, 5) is 4.54. The van der Waals surface area contributed by atoms with Gasteiger partial charge in [-0.3, -0.25) is 0 Å². The van der Waals surface area contributed by atoms with E-state index in [2.05, 4.69) is 21.7 Å². The smallest absolute Gasteiger partial charge is 0.107 e. The van der Waals surface area contributed by atoms with Crippen LogP contribution in [-0.2, 0) is 6.54 Å². The van der Waals surface area contributed by atoms with E-state index >= 15 is 0 Å². The Bertz CT molecular complexity index is 778. The van der Waals surface area contributed by atoms with Gasteiger partial charge in [-0.2, -0.15) is 5.26 Å². The molecule has 0 aliphatic rings. The van der Waals surface area contributed by atoms with Gasteiger partial charge in [0, 0.05) is 0 Å². The van der Waals surface area contributed by atoms with Crippen LogP contribution in [0, 0.1) is 18.3 Å². The summed E-state index contributed by atoms with van der Waals surface area (Å²) in [5.74, 6) is 0.967. The summed E-state index contributed by atoms with van der Waals surface area (Å²) in [5, 5.41) is 9.15. The summed E-state index contributed by atoms with van der Waals surface area (Å²) in [5.41, 5.74) is 3.85. The SMILES string of the molecule is Cc1nc2ccccc2n1Cc1ccccc1C#N. The maximum Gasteiger partial charge on any atom is 0.107 e. The summed E-state index contributed by atoms with van der Waals surface area (Å²) in [6.07, 6.45) is 0. The van der Waals surface area contributed by atoms with Crippen LogP contribution in [0.5, 0.6) is 0 Å². The lowest BCUT2D eigenvalue weighted by molar-refractivity contribution is 0.784. The molecule has 0 atom stereocenters. The van der Waals surface area contributed by atoms with Gasteiger partial charge in [0.2, 0.25) is 0 Å². The van der Waals surface area contributed by atoms with Gasteiger partial charge in [0.05, 0.1) is 29.2 Å². The van der Waals surface area contributed by atoms with E-state index in [4.69, 9.17) is 5.26 Å². The Kier molecular flexibility index (Phi) is 2.77. The summed E-state index contributed by atoms with van der Waals surface area (Å²) < 4.78 is 2.14. The molecule has 19 heavy (non-hydrogen) atoms. The second-order valence-electron chi connectivity index (χ2n) is 4.50. The molecule has 0 radical (unpaired) electrons. The molecule has 3 rings (SSSR count). The van der Waals surface area contributed by atoms with Crippen molar-refractivity contribution < 1.29 is 0 Å². The number of imidazole rings is 1. The van der Waals surface area contributed by atoms with Crippen LogP contribution < -0.4 is 0 Å². The number of hydrogen-bond acceptors (Lipinski definition) is 2. The van der Waals surface area contributed by atoms with E-state index < -0.39 is 0 Å². The third kappa shape index (κ3) is 1.98. The van der Waals surface area contributed by atoms with Crippen LogP contribution in [0.25, 0.3) is 11.0 Å². The molecule has 0 bridgehead atoms. The third-order valence-corrected chi connectivity index (χ3v) is 3.31. The van der Waals surface area contributed by atoms with Crippen molar-refractivity contribution in [1.82, 2.24) is 9.55 Å². The minimum Gasteiger partial charge on any atom is -0.324 e. The first-order valence-electron chi connectivity index (χ1n) is 6.19. The third-order valence-electron chi connectivity index (χ3n) is 3.31. The van der Waals surface area contributed by atoms with Crippen molar-refractivity contribution in [2.24, 2.45) is 0 Å². The van der Waals surface area contributed by atoms with Gasteiger partial charge in [-0.1, -0.05) is 30.3 Å². The Hall–Kier alpha value is -2.60. The van der Waals surface area contributed by atoms with Gasteiger partial charge in [-0.05, 0) is 30.7 Å². The molecule has 0 unspecified atom stereocenters. The molecule has 2 aromatic carbocycles. The van der Waals surface area contributed by atoms with Crippen molar-refractivity contribution in [3.63, 3.8) is 0 Å². The Morgan fingerprint density at radius 2 is 1.84 bits per heavy atom. The van der Waals surface area contributed by atoms with Crippen molar-refractivity contribution in [3.8, 4) is 6.07 Å². The van der Waals surface area contributed by atoms with Crippen molar-refractivity contribution >= 4 is 11.0 Å². The van der Waals surface area contributed by atoms with Crippen molar-refractivity contribution in [1.29, 1.82) is 5.26 Å². The molecular formula is C16H13N3. The van der Waals surface area contributed by atoms with E-state index in [-0.39, 0.29) is 0 Å². The van der Waals surface area contributed by atoms with Crippen molar-refractivity contribution in [2.45, 2.75) is 13.5 Å². The van der Waals surface area contributed by atoms with Gasteiger partial charge < -0.3 is 4.57 Å². The van der Waals surface area contributed by atoms with Crippen molar-refractivity contribution in [2.75, 3.05) is 0 Å². The zero-order chi connectivity index (χ0) is 13.2. The highest BCUT2D eigenvalue weighted by atomic mass is 15.1. The number of rotatable bonds is 2. The Labute approximate surface area is 111 Å². The molecule has 1 heterocycles. The fourth-order valence-corrected chi connectivity index (χ4v) is 2.33. The van der Waals surface area contributed by atoms with E-state index in [0.717, 1.165) is 28.0 Å². The first-order chi connectivity index (χ1) is 9.29. The molecule has 1 aromatic heterocycles. The van der Waals surface area contributed by atoms with E-state index in [1.54, 1.807) is 0 Å². The van der Waals surface area contributed by atoms with E-state index in [0.29, 0.717) is 6.54 Å². The van der Waals surface area contributed by atoms with Crippen LogP contribution in [0.1, 0.15) is 17.0 Å². The number of benzene rings is 2. The van der Waals surface area contributed by atoms with Crippen LogP contribution in [0.4, 0.5) is 0 Å².